The highest BCUT2D eigenvalue weighted by Crippen LogP contribution is 2.12. The maximum absolute atomic E-state index is 10.0. The summed E-state index contributed by atoms with van der Waals surface area (Å²) in [6.07, 6.45) is 0.608. The Morgan fingerprint density at radius 1 is 1.09 bits per heavy atom. The molecule has 2 rings (SSSR count). The van der Waals surface area contributed by atoms with E-state index in [9.17, 15) is 5.11 Å². The van der Waals surface area contributed by atoms with Crippen molar-refractivity contribution in [1.29, 1.82) is 0 Å². The lowest BCUT2D eigenvalue weighted by molar-refractivity contribution is 0.00149. The number of hydrogen-bond donors (Lipinski definition) is 1. The molecule has 0 saturated carbocycles. The van der Waals surface area contributed by atoms with E-state index < -0.39 is 6.10 Å². The number of piperazine rings is 1. The number of β-amino-alcohol motifs (C(OH)–C–C–N with tert-alkyl or cyclic N) is 1. The van der Waals surface area contributed by atoms with Crippen molar-refractivity contribution in [3.05, 3.63) is 29.8 Å². The summed E-state index contributed by atoms with van der Waals surface area (Å²) in [6.45, 7) is 8.36. The van der Waals surface area contributed by atoms with Crippen LogP contribution in [0, 0.1) is 0 Å². The van der Waals surface area contributed by atoms with Crippen LogP contribution < -0.4 is 4.74 Å². The number of aliphatic hydroxyl groups excluding tert-OH is 1. The predicted molar refractivity (Wildman–Crippen MR) is 92.1 cm³/mol. The topological polar surface area (TPSA) is 45.2 Å². The molecule has 1 aliphatic heterocycles. The largest absolute Gasteiger partial charge is 0.491 e. The number of likely N-dealkylation sites (N-methyl/N-ethyl adjacent to an activating group) is 1. The number of nitrogens with zero attached hydrogens (tertiary/aromatic N) is 2. The zero-order valence-electron chi connectivity index (χ0n) is 14.4. The van der Waals surface area contributed by atoms with Crippen molar-refractivity contribution in [3.8, 4) is 5.75 Å². The molecule has 130 valence electrons. The van der Waals surface area contributed by atoms with Crippen molar-refractivity contribution >= 4 is 0 Å². The molecule has 5 heteroatoms. The molecule has 0 radical (unpaired) electrons. The highest BCUT2D eigenvalue weighted by atomic mass is 16.5. The Hall–Kier alpha value is -1.14. The number of ether oxygens (including phenoxy) is 2. The first-order valence-corrected chi connectivity index (χ1v) is 8.56. The van der Waals surface area contributed by atoms with Crippen LogP contribution in [-0.2, 0) is 11.2 Å². The molecule has 0 aromatic heterocycles. The second-order valence-corrected chi connectivity index (χ2v) is 6.18. The molecule has 0 unspecified atom stereocenters. The molecule has 1 fully saturated rings. The normalized spacial score (nSPS) is 18.0. The highest BCUT2D eigenvalue weighted by molar-refractivity contribution is 5.27. The van der Waals surface area contributed by atoms with Gasteiger partial charge in [0.2, 0.25) is 0 Å². The van der Waals surface area contributed by atoms with Gasteiger partial charge in [0, 0.05) is 32.7 Å². The van der Waals surface area contributed by atoms with Gasteiger partial charge in [-0.25, -0.2) is 0 Å². The summed E-state index contributed by atoms with van der Waals surface area (Å²) in [7, 11) is 2.13. The van der Waals surface area contributed by atoms with Crippen molar-refractivity contribution in [3.63, 3.8) is 0 Å². The minimum Gasteiger partial charge on any atom is -0.491 e. The molecule has 1 N–H and O–H groups in total. The SMILES string of the molecule is CCc1ccc(OCCOC[C@H](O)CN2CCN(C)CC2)cc1. The maximum atomic E-state index is 10.0. The average molecular weight is 322 g/mol. The van der Waals surface area contributed by atoms with Gasteiger partial charge in [-0.15, -0.1) is 0 Å². The third-order valence-electron chi connectivity index (χ3n) is 4.20. The van der Waals surface area contributed by atoms with E-state index in [4.69, 9.17) is 9.47 Å². The number of benzene rings is 1. The quantitative estimate of drug-likeness (QED) is 0.693. The Labute approximate surface area is 139 Å². The Kier molecular flexibility index (Phi) is 7.82. The third-order valence-corrected chi connectivity index (χ3v) is 4.20. The van der Waals surface area contributed by atoms with Gasteiger partial charge >= 0.3 is 0 Å². The van der Waals surface area contributed by atoms with E-state index in [1.165, 1.54) is 5.56 Å². The molecule has 23 heavy (non-hydrogen) atoms. The van der Waals surface area contributed by atoms with Crippen LogP contribution in [0.2, 0.25) is 0 Å². The lowest BCUT2D eigenvalue weighted by Crippen LogP contribution is -2.47. The summed E-state index contributed by atoms with van der Waals surface area (Å²) in [6, 6.07) is 8.13. The minimum atomic E-state index is -0.428. The molecule has 1 aromatic rings. The molecule has 1 aliphatic rings. The predicted octanol–water partition coefficient (Wildman–Crippen LogP) is 1.25. The molecule has 1 heterocycles. The van der Waals surface area contributed by atoms with Crippen LogP contribution >= 0.6 is 0 Å². The Balaban J connectivity index is 1.52. The van der Waals surface area contributed by atoms with Crippen molar-refractivity contribution < 1.29 is 14.6 Å². The zero-order valence-corrected chi connectivity index (χ0v) is 14.4. The van der Waals surface area contributed by atoms with Crippen LogP contribution in [0.5, 0.6) is 5.75 Å². The van der Waals surface area contributed by atoms with Gasteiger partial charge in [0.05, 0.1) is 19.3 Å². The molecular weight excluding hydrogens is 292 g/mol. The fourth-order valence-corrected chi connectivity index (χ4v) is 2.64. The van der Waals surface area contributed by atoms with Gasteiger partial charge in [-0.2, -0.15) is 0 Å². The van der Waals surface area contributed by atoms with E-state index in [1.807, 2.05) is 12.1 Å². The van der Waals surface area contributed by atoms with Crippen molar-refractivity contribution in [2.45, 2.75) is 19.4 Å². The lowest BCUT2D eigenvalue weighted by Gasteiger charge is -2.33. The Morgan fingerprint density at radius 3 is 2.43 bits per heavy atom. The summed E-state index contributed by atoms with van der Waals surface area (Å²) in [5.74, 6) is 0.865. The first-order valence-electron chi connectivity index (χ1n) is 8.56. The van der Waals surface area contributed by atoms with Gasteiger partial charge in [-0.3, -0.25) is 4.90 Å². The van der Waals surface area contributed by atoms with Gasteiger partial charge in [-0.1, -0.05) is 19.1 Å². The molecule has 1 aromatic carbocycles. The maximum Gasteiger partial charge on any atom is 0.119 e. The van der Waals surface area contributed by atoms with Gasteiger partial charge in [0.15, 0.2) is 0 Å². The third kappa shape index (κ3) is 6.87. The summed E-state index contributed by atoms with van der Waals surface area (Å²) >= 11 is 0. The van der Waals surface area contributed by atoms with Crippen molar-refractivity contribution in [2.75, 3.05) is 59.6 Å². The molecule has 0 amide bonds. The fraction of sp³-hybridized carbons (Fsp3) is 0.667. The first kappa shape index (κ1) is 18.2. The summed E-state index contributed by atoms with van der Waals surface area (Å²) in [5, 5.41) is 10.0. The number of rotatable bonds is 9. The Bertz CT molecular complexity index is 430. The van der Waals surface area contributed by atoms with Crippen molar-refractivity contribution in [2.24, 2.45) is 0 Å². The van der Waals surface area contributed by atoms with Crippen LogP contribution in [0.1, 0.15) is 12.5 Å². The van der Waals surface area contributed by atoms with E-state index in [0.717, 1.165) is 38.3 Å². The molecule has 0 spiro atoms. The molecule has 0 aliphatic carbocycles. The summed E-state index contributed by atoms with van der Waals surface area (Å²) in [5.41, 5.74) is 1.31. The van der Waals surface area contributed by atoms with Crippen LogP contribution in [0.3, 0.4) is 0 Å². The van der Waals surface area contributed by atoms with Crippen molar-refractivity contribution in [1.82, 2.24) is 9.80 Å². The summed E-state index contributed by atoms with van der Waals surface area (Å²) < 4.78 is 11.1. The zero-order chi connectivity index (χ0) is 16.5. The van der Waals surface area contributed by atoms with Crippen LogP contribution in [0.25, 0.3) is 0 Å². The van der Waals surface area contributed by atoms with Crippen LogP contribution in [-0.4, -0.2) is 80.6 Å². The van der Waals surface area contributed by atoms with E-state index in [2.05, 4.69) is 35.9 Å². The molecule has 1 atom stereocenters. The van der Waals surface area contributed by atoms with E-state index >= 15 is 0 Å². The lowest BCUT2D eigenvalue weighted by atomic mass is 10.2. The first-order chi connectivity index (χ1) is 11.2. The van der Waals surface area contributed by atoms with Crippen LogP contribution in [0.4, 0.5) is 0 Å². The van der Waals surface area contributed by atoms with Crippen LogP contribution in [0.15, 0.2) is 24.3 Å². The fourth-order valence-electron chi connectivity index (χ4n) is 2.64. The van der Waals surface area contributed by atoms with Gasteiger partial charge in [-0.05, 0) is 31.2 Å². The molecule has 1 saturated heterocycles. The second-order valence-electron chi connectivity index (χ2n) is 6.18. The van der Waals surface area contributed by atoms with Gasteiger partial charge < -0.3 is 19.5 Å². The number of hydrogen-bond acceptors (Lipinski definition) is 5. The second kappa shape index (κ2) is 9.88. The molecule has 0 bridgehead atoms. The highest BCUT2D eigenvalue weighted by Gasteiger charge is 2.16. The summed E-state index contributed by atoms with van der Waals surface area (Å²) in [4.78, 5) is 4.60. The van der Waals surface area contributed by atoms with Gasteiger partial charge in [0.1, 0.15) is 12.4 Å². The monoisotopic (exact) mass is 322 g/mol. The standard InChI is InChI=1S/C18H30N2O3/c1-3-16-4-6-18(7-5-16)23-13-12-22-15-17(21)14-20-10-8-19(2)9-11-20/h4-7,17,21H,3,8-15H2,1-2H3/t17-/m1/s1. The number of aryl methyl sites for hydroxylation is 1. The smallest absolute Gasteiger partial charge is 0.119 e. The number of aliphatic hydroxyl groups is 1. The van der Waals surface area contributed by atoms with Gasteiger partial charge in [0.25, 0.3) is 0 Å². The van der Waals surface area contributed by atoms with E-state index in [0.29, 0.717) is 26.4 Å². The van der Waals surface area contributed by atoms with E-state index in [1.54, 1.807) is 0 Å². The Morgan fingerprint density at radius 2 is 1.78 bits per heavy atom. The molecule has 5 nitrogen and oxygen atoms in total. The van der Waals surface area contributed by atoms with E-state index in [-0.39, 0.29) is 0 Å². The molecular formula is C18H30N2O3. The minimum absolute atomic E-state index is 0.366. The average Bonchev–Trinajstić information content (AvgIpc) is 2.57.